The molecule has 0 bridgehead atoms. The second-order valence-corrected chi connectivity index (χ2v) is 7.78. The highest BCUT2D eigenvalue weighted by Crippen LogP contribution is 2.26. The van der Waals surface area contributed by atoms with Crippen LogP contribution in [0, 0.1) is 0 Å². The average Bonchev–Trinajstić information content (AvgIpc) is 3.30. The van der Waals surface area contributed by atoms with Crippen LogP contribution in [0.25, 0.3) is 16.7 Å². The maximum absolute atomic E-state index is 12.4. The highest BCUT2D eigenvalue weighted by molar-refractivity contribution is 5.94. The largest absolute Gasteiger partial charge is 0.497 e. The van der Waals surface area contributed by atoms with Crippen LogP contribution >= 0.6 is 0 Å². The van der Waals surface area contributed by atoms with Gasteiger partial charge >= 0.3 is 0 Å². The molecule has 0 aliphatic carbocycles. The zero-order chi connectivity index (χ0) is 23.2. The predicted molar refractivity (Wildman–Crippen MR) is 129 cm³/mol. The molecule has 170 valence electrons. The summed E-state index contributed by atoms with van der Waals surface area (Å²) in [5, 5.41) is 11.7. The second kappa shape index (κ2) is 10.1. The highest BCUT2D eigenvalue weighted by atomic mass is 16.5. The van der Waals surface area contributed by atoms with Gasteiger partial charge in [0.25, 0.3) is 5.91 Å². The molecule has 1 amide bonds. The summed E-state index contributed by atoms with van der Waals surface area (Å²) in [7, 11) is 1.58. The monoisotopic (exact) mass is 444 g/mol. The molecule has 0 fully saturated rings. The Kier molecular flexibility index (Phi) is 6.83. The minimum atomic E-state index is -0.152. The van der Waals surface area contributed by atoms with E-state index in [2.05, 4.69) is 29.6 Å². The Labute approximate surface area is 193 Å². The van der Waals surface area contributed by atoms with Gasteiger partial charge in [-0.2, -0.15) is 5.10 Å². The molecule has 0 unspecified atom stereocenters. The van der Waals surface area contributed by atoms with Crippen LogP contribution in [-0.4, -0.2) is 45.9 Å². The molecular weight excluding hydrogens is 416 g/mol. The lowest BCUT2D eigenvalue weighted by molar-refractivity contribution is 0.0955. The van der Waals surface area contributed by atoms with Crippen LogP contribution in [0.5, 0.6) is 5.75 Å². The fourth-order valence-corrected chi connectivity index (χ4v) is 3.44. The number of carbonyl (C=O) groups is 1. The first kappa shape index (κ1) is 22.3. The molecule has 8 nitrogen and oxygen atoms in total. The van der Waals surface area contributed by atoms with E-state index in [-0.39, 0.29) is 11.8 Å². The second-order valence-electron chi connectivity index (χ2n) is 7.78. The lowest BCUT2D eigenvalue weighted by atomic mass is 10.1. The van der Waals surface area contributed by atoms with Gasteiger partial charge in [-0.3, -0.25) is 4.79 Å². The standard InChI is InChI=1S/C25H28N6O2/c1-4-17(2)22-29-23(21-16-28-31(24(21)30-22)19-10-6-5-7-11-19)26-13-14-27-25(32)18-9-8-12-20(15-18)33-3/h5-12,15-17H,4,13-14H2,1-3H3,(H,27,32)(H,26,29,30)/t17-/m1/s1. The number of aromatic nitrogens is 4. The van der Waals surface area contributed by atoms with Crippen LogP contribution in [-0.2, 0) is 0 Å². The fourth-order valence-electron chi connectivity index (χ4n) is 3.44. The van der Waals surface area contributed by atoms with Gasteiger partial charge in [-0.05, 0) is 36.8 Å². The molecule has 2 aromatic carbocycles. The van der Waals surface area contributed by atoms with Crippen LogP contribution in [0.3, 0.4) is 0 Å². The van der Waals surface area contributed by atoms with Gasteiger partial charge in [0, 0.05) is 24.6 Å². The number of rotatable bonds is 9. The van der Waals surface area contributed by atoms with Crippen molar-refractivity contribution < 1.29 is 9.53 Å². The molecule has 0 aliphatic rings. The van der Waals surface area contributed by atoms with Gasteiger partial charge in [-0.25, -0.2) is 14.6 Å². The summed E-state index contributed by atoms with van der Waals surface area (Å²) in [6, 6.07) is 17.0. The molecule has 2 heterocycles. The Morgan fingerprint density at radius 2 is 1.91 bits per heavy atom. The number of methoxy groups -OCH3 is 1. The van der Waals surface area contributed by atoms with E-state index < -0.39 is 0 Å². The number of nitrogens with one attached hydrogen (secondary N) is 2. The summed E-state index contributed by atoms with van der Waals surface area (Å²) in [6.07, 6.45) is 2.71. The van der Waals surface area contributed by atoms with Crippen molar-refractivity contribution in [3.63, 3.8) is 0 Å². The van der Waals surface area contributed by atoms with E-state index in [1.165, 1.54) is 0 Å². The molecule has 0 saturated heterocycles. The molecule has 8 heteroatoms. The maximum atomic E-state index is 12.4. The molecule has 1 atom stereocenters. The summed E-state index contributed by atoms with van der Waals surface area (Å²) >= 11 is 0. The topological polar surface area (TPSA) is 94.0 Å². The third kappa shape index (κ3) is 4.95. The molecule has 33 heavy (non-hydrogen) atoms. The van der Waals surface area contributed by atoms with E-state index >= 15 is 0 Å². The molecule has 2 N–H and O–H groups in total. The van der Waals surface area contributed by atoms with Crippen LogP contribution in [0.1, 0.15) is 42.4 Å². The van der Waals surface area contributed by atoms with Crippen molar-refractivity contribution in [2.24, 2.45) is 0 Å². The molecule has 0 spiro atoms. The molecule has 0 radical (unpaired) electrons. The van der Waals surface area contributed by atoms with Gasteiger partial charge in [0.1, 0.15) is 17.4 Å². The Morgan fingerprint density at radius 1 is 1.09 bits per heavy atom. The van der Waals surface area contributed by atoms with E-state index in [1.807, 2.05) is 41.1 Å². The first-order valence-corrected chi connectivity index (χ1v) is 11.1. The Balaban J connectivity index is 1.52. The van der Waals surface area contributed by atoms with Crippen molar-refractivity contribution >= 4 is 22.8 Å². The fraction of sp³-hybridized carbons (Fsp3) is 0.280. The van der Waals surface area contributed by atoms with E-state index in [1.54, 1.807) is 31.5 Å². The molecule has 4 rings (SSSR count). The van der Waals surface area contributed by atoms with Crippen molar-refractivity contribution in [2.75, 3.05) is 25.5 Å². The van der Waals surface area contributed by atoms with Gasteiger partial charge in [0.2, 0.25) is 0 Å². The third-order valence-corrected chi connectivity index (χ3v) is 5.53. The van der Waals surface area contributed by atoms with Crippen LogP contribution < -0.4 is 15.4 Å². The van der Waals surface area contributed by atoms with Crippen LogP contribution in [0.15, 0.2) is 60.8 Å². The Morgan fingerprint density at radius 3 is 2.67 bits per heavy atom. The van der Waals surface area contributed by atoms with Crippen molar-refractivity contribution in [2.45, 2.75) is 26.2 Å². The van der Waals surface area contributed by atoms with Gasteiger partial charge < -0.3 is 15.4 Å². The first-order chi connectivity index (χ1) is 16.1. The molecule has 2 aromatic heterocycles. The minimum absolute atomic E-state index is 0.152. The predicted octanol–water partition coefficient (Wildman–Crippen LogP) is 4.18. The number of amides is 1. The average molecular weight is 445 g/mol. The number of nitrogens with zero attached hydrogens (tertiary/aromatic N) is 4. The Hall–Kier alpha value is -3.94. The summed E-state index contributed by atoms with van der Waals surface area (Å²) in [6.45, 7) is 5.18. The number of fused-ring (bicyclic) bond motifs is 1. The summed E-state index contributed by atoms with van der Waals surface area (Å²) in [5.74, 6) is 2.19. The summed E-state index contributed by atoms with van der Waals surface area (Å²) < 4.78 is 7.02. The summed E-state index contributed by atoms with van der Waals surface area (Å²) in [5.41, 5.74) is 2.26. The van der Waals surface area contributed by atoms with E-state index in [9.17, 15) is 4.79 Å². The number of hydrogen-bond acceptors (Lipinski definition) is 6. The Bertz CT molecular complexity index is 1240. The molecule has 4 aromatic rings. The smallest absolute Gasteiger partial charge is 0.251 e. The van der Waals surface area contributed by atoms with Crippen LogP contribution in [0.2, 0.25) is 0 Å². The van der Waals surface area contributed by atoms with Gasteiger partial charge in [0.15, 0.2) is 5.65 Å². The molecular formula is C25H28N6O2. The van der Waals surface area contributed by atoms with Crippen molar-refractivity contribution in [1.82, 2.24) is 25.1 Å². The zero-order valence-corrected chi connectivity index (χ0v) is 19.1. The van der Waals surface area contributed by atoms with Crippen molar-refractivity contribution in [1.29, 1.82) is 0 Å². The number of para-hydroxylation sites is 1. The van der Waals surface area contributed by atoms with Gasteiger partial charge in [0.05, 0.1) is 24.4 Å². The van der Waals surface area contributed by atoms with Crippen molar-refractivity contribution in [3.05, 3.63) is 72.2 Å². The van der Waals surface area contributed by atoms with E-state index in [4.69, 9.17) is 14.7 Å². The normalized spacial score (nSPS) is 11.8. The number of anilines is 1. The third-order valence-electron chi connectivity index (χ3n) is 5.53. The van der Waals surface area contributed by atoms with Gasteiger partial charge in [-0.15, -0.1) is 0 Å². The maximum Gasteiger partial charge on any atom is 0.251 e. The zero-order valence-electron chi connectivity index (χ0n) is 19.1. The molecule has 0 saturated carbocycles. The lowest BCUT2D eigenvalue weighted by Crippen LogP contribution is -2.29. The van der Waals surface area contributed by atoms with Crippen molar-refractivity contribution in [3.8, 4) is 11.4 Å². The number of benzene rings is 2. The highest BCUT2D eigenvalue weighted by Gasteiger charge is 2.16. The first-order valence-electron chi connectivity index (χ1n) is 11.1. The van der Waals surface area contributed by atoms with Crippen LogP contribution in [0.4, 0.5) is 5.82 Å². The summed E-state index contributed by atoms with van der Waals surface area (Å²) in [4.78, 5) is 22.0. The SMILES string of the molecule is CC[C@@H](C)c1nc(NCCNC(=O)c2cccc(OC)c2)c2cnn(-c3ccccc3)c2n1. The number of carbonyl (C=O) groups excluding carboxylic acids is 1. The number of ether oxygens (including phenoxy) is 1. The van der Waals surface area contributed by atoms with E-state index in [0.717, 1.165) is 29.0 Å². The van der Waals surface area contributed by atoms with E-state index in [0.29, 0.717) is 30.2 Å². The lowest BCUT2D eigenvalue weighted by Gasteiger charge is -2.13. The number of hydrogen-bond donors (Lipinski definition) is 2. The quantitative estimate of drug-likeness (QED) is 0.376. The minimum Gasteiger partial charge on any atom is -0.497 e. The van der Waals surface area contributed by atoms with Gasteiger partial charge in [-0.1, -0.05) is 38.1 Å². The molecule has 0 aliphatic heterocycles.